The number of rotatable bonds is 4. The highest BCUT2D eigenvalue weighted by atomic mass is 16.4. The van der Waals surface area contributed by atoms with Crippen LogP contribution in [0.25, 0.3) is 0 Å². The number of hydrogen-bond donors (Lipinski definition) is 2. The number of anilines is 1. The van der Waals surface area contributed by atoms with Crippen LogP contribution in [0.4, 0.5) is 5.69 Å². The number of benzene rings is 1. The van der Waals surface area contributed by atoms with Gasteiger partial charge in [-0.05, 0) is 18.1 Å². The minimum absolute atomic E-state index is 0. The topological polar surface area (TPSA) is 63.3 Å². The second-order valence-corrected chi connectivity index (χ2v) is 3.31. The molecule has 0 heterocycles. The molecule has 84 valence electrons. The molecule has 0 aromatic heterocycles. The van der Waals surface area contributed by atoms with Gasteiger partial charge >= 0.3 is 5.97 Å². The van der Waals surface area contributed by atoms with Gasteiger partial charge < -0.3 is 10.8 Å². The summed E-state index contributed by atoms with van der Waals surface area (Å²) in [5.41, 5.74) is 7.01. The summed E-state index contributed by atoms with van der Waals surface area (Å²) in [7, 11) is 0. The van der Waals surface area contributed by atoms with Crippen LogP contribution in [0.3, 0.4) is 0 Å². The van der Waals surface area contributed by atoms with Crippen molar-refractivity contribution in [2.24, 2.45) is 0 Å². The van der Waals surface area contributed by atoms with Crippen molar-refractivity contribution in [3.63, 3.8) is 0 Å². The lowest BCUT2D eigenvalue weighted by Gasteiger charge is -2.13. The van der Waals surface area contributed by atoms with E-state index in [1.54, 1.807) is 12.1 Å². The molecule has 1 rings (SSSR count). The molecule has 0 saturated heterocycles. The molecule has 0 fully saturated rings. The lowest BCUT2D eigenvalue weighted by atomic mass is 9.93. The van der Waals surface area contributed by atoms with E-state index in [4.69, 9.17) is 10.8 Å². The van der Waals surface area contributed by atoms with E-state index in [9.17, 15) is 4.79 Å². The first-order chi connectivity index (χ1) is 6.66. The van der Waals surface area contributed by atoms with Gasteiger partial charge in [0.25, 0.3) is 0 Å². The molecule has 0 saturated carbocycles. The van der Waals surface area contributed by atoms with Gasteiger partial charge in [-0.3, -0.25) is 4.79 Å². The van der Waals surface area contributed by atoms with Gasteiger partial charge in [0.05, 0.1) is 5.92 Å². The Morgan fingerprint density at radius 1 is 1.47 bits per heavy atom. The highest BCUT2D eigenvalue weighted by molar-refractivity contribution is 5.78. The average molecular weight is 209 g/mol. The van der Waals surface area contributed by atoms with Crippen molar-refractivity contribution < 1.29 is 9.90 Å². The molecular formula is C12H19NO2. The van der Waals surface area contributed by atoms with Crippen LogP contribution in [0.1, 0.15) is 38.7 Å². The van der Waals surface area contributed by atoms with Crippen molar-refractivity contribution >= 4 is 11.7 Å². The Kier molecular flexibility index (Phi) is 5.45. The Balaban J connectivity index is 0.00000196. The standard InChI is InChI=1S/C11H15NO2.CH4/c1-2-5-9(11(13)14)8-6-3-4-7-10(8)12;/h3-4,6-7,9H,2,5,12H2,1H3,(H,13,14);1H4. The van der Waals surface area contributed by atoms with Crippen molar-refractivity contribution in [1.29, 1.82) is 0 Å². The molecule has 0 aliphatic carbocycles. The first-order valence-electron chi connectivity index (χ1n) is 4.74. The second-order valence-electron chi connectivity index (χ2n) is 3.31. The lowest BCUT2D eigenvalue weighted by Crippen LogP contribution is -2.13. The first kappa shape index (κ1) is 13.5. The zero-order valence-electron chi connectivity index (χ0n) is 8.23. The van der Waals surface area contributed by atoms with E-state index in [0.29, 0.717) is 12.1 Å². The largest absolute Gasteiger partial charge is 0.481 e. The van der Waals surface area contributed by atoms with Crippen molar-refractivity contribution in [2.75, 3.05) is 5.73 Å². The van der Waals surface area contributed by atoms with Crippen LogP contribution in [0.15, 0.2) is 24.3 Å². The molecule has 1 atom stereocenters. The average Bonchev–Trinajstić information content (AvgIpc) is 2.15. The third-order valence-corrected chi connectivity index (χ3v) is 2.25. The summed E-state index contributed by atoms with van der Waals surface area (Å²) in [5.74, 6) is -1.27. The lowest BCUT2D eigenvalue weighted by molar-refractivity contribution is -0.139. The number of aliphatic carboxylic acids is 1. The number of hydrogen-bond acceptors (Lipinski definition) is 2. The summed E-state index contributed by atoms with van der Waals surface area (Å²) in [4.78, 5) is 11.0. The summed E-state index contributed by atoms with van der Waals surface area (Å²) in [6.07, 6.45) is 1.47. The monoisotopic (exact) mass is 209 g/mol. The molecule has 3 heteroatoms. The van der Waals surface area contributed by atoms with Gasteiger partial charge in [-0.15, -0.1) is 0 Å². The number of carboxylic acid groups (broad SMARTS) is 1. The maximum atomic E-state index is 11.0. The Morgan fingerprint density at radius 2 is 2.07 bits per heavy atom. The molecule has 1 aromatic carbocycles. The van der Waals surface area contributed by atoms with Gasteiger partial charge in [0, 0.05) is 5.69 Å². The fourth-order valence-corrected chi connectivity index (χ4v) is 1.53. The molecule has 0 radical (unpaired) electrons. The van der Waals surface area contributed by atoms with Gasteiger partial charge in [0.15, 0.2) is 0 Å². The van der Waals surface area contributed by atoms with E-state index in [2.05, 4.69) is 0 Å². The molecule has 0 aliphatic heterocycles. The van der Waals surface area contributed by atoms with Gasteiger partial charge in [-0.2, -0.15) is 0 Å². The van der Waals surface area contributed by atoms with Crippen molar-refractivity contribution in [2.45, 2.75) is 33.1 Å². The van der Waals surface area contributed by atoms with Crippen LogP contribution < -0.4 is 5.73 Å². The van der Waals surface area contributed by atoms with Crippen molar-refractivity contribution in [3.05, 3.63) is 29.8 Å². The van der Waals surface area contributed by atoms with E-state index in [-0.39, 0.29) is 7.43 Å². The molecule has 3 N–H and O–H groups in total. The smallest absolute Gasteiger partial charge is 0.311 e. The van der Waals surface area contributed by atoms with Crippen LogP contribution in [0.5, 0.6) is 0 Å². The van der Waals surface area contributed by atoms with Gasteiger partial charge in [0.1, 0.15) is 0 Å². The Labute approximate surface area is 90.9 Å². The molecule has 0 spiro atoms. The number of nitrogens with two attached hydrogens (primary N) is 1. The fraction of sp³-hybridized carbons (Fsp3) is 0.417. The minimum Gasteiger partial charge on any atom is -0.481 e. The summed E-state index contributed by atoms with van der Waals surface area (Å²) < 4.78 is 0. The summed E-state index contributed by atoms with van der Waals surface area (Å²) in [6.45, 7) is 1.97. The highest BCUT2D eigenvalue weighted by Gasteiger charge is 2.20. The van der Waals surface area contributed by atoms with Crippen molar-refractivity contribution in [3.8, 4) is 0 Å². The molecule has 1 unspecified atom stereocenters. The molecule has 0 bridgehead atoms. The van der Waals surface area contributed by atoms with Gasteiger partial charge in [-0.25, -0.2) is 0 Å². The molecule has 0 aliphatic rings. The van der Waals surface area contributed by atoms with Crippen LogP contribution in [0.2, 0.25) is 0 Å². The van der Waals surface area contributed by atoms with Crippen LogP contribution in [-0.2, 0) is 4.79 Å². The van der Waals surface area contributed by atoms with E-state index in [1.807, 2.05) is 19.1 Å². The quantitative estimate of drug-likeness (QED) is 0.749. The van der Waals surface area contributed by atoms with Gasteiger partial charge in [-0.1, -0.05) is 39.0 Å². The van der Waals surface area contributed by atoms with E-state index >= 15 is 0 Å². The van der Waals surface area contributed by atoms with Crippen LogP contribution in [0, 0.1) is 0 Å². The summed E-state index contributed by atoms with van der Waals surface area (Å²) in [5, 5.41) is 9.03. The van der Waals surface area contributed by atoms with Crippen LogP contribution in [-0.4, -0.2) is 11.1 Å². The summed E-state index contributed by atoms with van der Waals surface area (Å²) in [6, 6.07) is 7.14. The fourth-order valence-electron chi connectivity index (χ4n) is 1.53. The number of para-hydroxylation sites is 1. The number of nitrogen functional groups attached to an aromatic ring is 1. The maximum absolute atomic E-state index is 11.0. The minimum atomic E-state index is -0.801. The third kappa shape index (κ3) is 3.27. The Bertz CT molecular complexity index is 323. The van der Waals surface area contributed by atoms with E-state index < -0.39 is 11.9 Å². The molecule has 1 aromatic rings. The van der Waals surface area contributed by atoms with E-state index in [0.717, 1.165) is 12.0 Å². The third-order valence-electron chi connectivity index (χ3n) is 2.25. The predicted octanol–water partition coefficient (Wildman–Crippen LogP) is 2.87. The molecule has 15 heavy (non-hydrogen) atoms. The van der Waals surface area contributed by atoms with Crippen molar-refractivity contribution in [1.82, 2.24) is 0 Å². The zero-order chi connectivity index (χ0) is 10.6. The molecular weight excluding hydrogens is 190 g/mol. The summed E-state index contributed by atoms with van der Waals surface area (Å²) >= 11 is 0. The van der Waals surface area contributed by atoms with Crippen LogP contribution >= 0.6 is 0 Å². The molecule has 3 nitrogen and oxygen atoms in total. The number of carboxylic acids is 1. The normalized spacial score (nSPS) is 11.5. The van der Waals surface area contributed by atoms with Gasteiger partial charge in [0.2, 0.25) is 0 Å². The SMILES string of the molecule is C.CCCC(C(=O)O)c1ccccc1N. The number of carbonyl (C=O) groups is 1. The highest BCUT2D eigenvalue weighted by Crippen LogP contribution is 2.26. The van der Waals surface area contributed by atoms with E-state index in [1.165, 1.54) is 0 Å². The first-order valence-corrected chi connectivity index (χ1v) is 4.74. The molecule has 0 amide bonds. The zero-order valence-corrected chi connectivity index (χ0v) is 8.23. The Morgan fingerprint density at radius 3 is 2.53 bits per heavy atom. The Hall–Kier alpha value is -1.51. The second kappa shape index (κ2) is 6.06. The maximum Gasteiger partial charge on any atom is 0.311 e. The predicted molar refractivity (Wildman–Crippen MR) is 62.9 cm³/mol.